The molecule has 0 saturated carbocycles. The minimum absolute atomic E-state index is 0.857. The molecule has 1 aromatic carbocycles. The Morgan fingerprint density at radius 2 is 1.56 bits per heavy atom. The van der Waals surface area contributed by atoms with E-state index in [0.717, 1.165) is 23.4 Å². The molecule has 1 aromatic rings. The standard InChI is InChI=1S/C12H20O3Si/c1-5-10-16(14-3,15-4)12-8-6-11(13-2)7-9-12/h6-9H,5,10H2,1-4H3. The molecule has 0 amide bonds. The van der Waals surface area contributed by atoms with Gasteiger partial charge in [-0.1, -0.05) is 25.5 Å². The number of hydrogen-bond donors (Lipinski definition) is 0. The second kappa shape index (κ2) is 6.03. The maximum atomic E-state index is 5.66. The van der Waals surface area contributed by atoms with E-state index >= 15 is 0 Å². The molecule has 16 heavy (non-hydrogen) atoms. The van der Waals surface area contributed by atoms with Crippen molar-refractivity contribution in [2.24, 2.45) is 0 Å². The van der Waals surface area contributed by atoms with Crippen LogP contribution in [-0.2, 0) is 8.85 Å². The highest BCUT2D eigenvalue weighted by molar-refractivity contribution is 6.81. The van der Waals surface area contributed by atoms with Gasteiger partial charge in [0.05, 0.1) is 7.11 Å². The van der Waals surface area contributed by atoms with E-state index in [2.05, 4.69) is 6.92 Å². The topological polar surface area (TPSA) is 27.7 Å². The summed E-state index contributed by atoms with van der Waals surface area (Å²) in [7, 11) is 2.92. The number of rotatable bonds is 6. The molecule has 0 aromatic heterocycles. The maximum absolute atomic E-state index is 5.66. The van der Waals surface area contributed by atoms with Crippen molar-refractivity contribution in [3.63, 3.8) is 0 Å². The molecule has 0 spiro atoms. The predicted octanol–water partition coefficient (Wildman–Crippen LogP) is 2.05. The smallest absolute Gasteiger partial charge is 0.371 e. The quantitative estimate of drug-likeness (QED) is 0.712. The van der Waals surface area contributed by atoms with Crippen molar-refractivity contribution < 1.29 is 13.6 Å². The SMILES string of the molecule is CCC[Si](OC)(OC)c1ccc(OC)cc1. The summed E-state index contributed by atoms with van der Waals surface area (Å²) in [5.41, 5.74) is 0. The highest BCUT2D eigenvalue weighted by Gasteiger charge is 2.36. The molecule has 0 fully saturated rings. The number of methoxy groups -OCH3 is 1. The van der Waals surface area contributed by atoms with E-state index in [1.54, 1.807) is 21.3 Å². The normalized spacial score (nSPS) is 11.5. The van der Waals surface area contributed by atoms with Crippen LogP contribution in [0.1, 0.15) is 13.3 Å². The van der Waals surface area contributed by atoms with Gasteiger partial charge >= 0.3 is 8.56 Å². The van der Waals surface area contributed by atoms with Crippen LogP contribution in [-0.4, -0.2) is 29.9 Å². The van der Waals surface area contributed by atoms with Gasteiger partial charge in [0, 0.05) is 14.2 Å². The van der Waals surface area contributed by atoms with Gasteiger partial charge in [-0.2, -0.15) is 0 Å². The lowest BCUT2D eigenvalue weighted by Gasteiger charge is -2.27. The average molecular weight is 240 g/mol. The van der Waals surface area contributed by atoms with Crippen LogP contribution >= 0.6 is 0 Å². The van der Waals surface area contributed by atoms with Gasteiger partial charge in [0.15, 0.2) is 0 Å². The highest BCUT2D eigenvalue weighted by atomic mass is 28.4. The van der Waals surface area contributed by atoms with Crippen LogP contribution in [0.5, 0.6) is 5.75 Å². The molecule has 0 N–H and O–H groups in total. The summed E-state index contributed by atoms with van der Waals surface area (Å²) in [6.07, 6.45) is 1.06. The van der Waals surface area contributed by atoms with Crippen LogP contribution in [0.3, 0.4) is 0 Å². The fraction of sp³-hybridized carbons (Fsp3) is 0.500. The summed E-state index contributed by atoms with van der Waals surface area (Å²) < 4.78 is 16.5. The van der Waals surface area contributed by atoms with E-state index in [1.165, 1.54) is 0 Å². The van der Waals surface area contributed by atoms with Crippen molar-refractivity contribution in [1.29, 1.82) is 0 Å². The summed E-state index contributed by atoms with van der Waals surface area (Å²) in [5.74, 6) is 0.857. The zero-order valence-corrected chi connectivity index (χ0v) is 11.4. The molecule has 0 bridgehead atoms. The van der Waals surface area contributed by atoms with Gasteiger partial charge < -0.3 is 13.6 Å². The van der Waals surface area contributed by atoms with Crippen molar-refractivity contribution >= 4 is 13.7 Å². The zero-order valence-electron chi connectivity index (χ0n) is 10.4. The van der Waals surface area contributed by atoms with Crippen LogP contribution in [0.2, 0.25) is 6.04 Å². The zero-order chi connectivity index (χ0) is 12.0. The Morgan fingerprint density at radius 3 is 1.94 bits per heavy atom. The van der Waals surface area contributed by atoms with Crippen molar-refractivity contribution in [3.8, 4) is 5.75 Å². The van der Waals surface area contributed by atoms with Crippen molar-refractivity contribution in [1.82, 2.24) is 0 Å². The van der Waals surface area contributed by atoms with Gasteiger partial charge in [0.1, 0.15) is 5.75 Å². The number of hydrogen-bond acceptors (Lipinski definition) is 3. The van der Waals surface area contributed by atoms with Crippen LogP contribution in [0.25, 0.3) is 0 Å². The fourth-order valence-corrected chi connectivity index (χ4v) is 4.51. The predicted molar refractivity (Wildman–Crippen MR) is 67.5 cm³/mol. The molecule has 0 atom stereocenters. The molecular weight excluding hydrogens is 220 g/mol. The average Bonchev–Trinajstić information content (AvgIpc) is 2.36. The third kappa shape index (κ3) is 2.64. The molecule has 3 nitrogen and oxygen atoms in total. The molecule has 0 saturated heterocycles. The first kappa shape index (κ1) is 13.2. The van der Waals surface area contributed by atoms with E-state index < -0.39 is 8.56 Å². The van der Waals surface area contributed by atoms with Gasteiger partial charge in [-0.3, -0.25) is 0 Å². The molecular formula is C12H20O3Si. The Hall–Kier alpha value is -0.843. The van der Waals surface area contributed by atoms with Gasteiger partial charge in [0.2, 0.25) is 0 Å². The lowest BCUT2D eigenvalue weighted by Crippen LogP contribution is -2.52. The van der Waals surface area contributed by atoms with Gasteiger partial charge in [-0.15, -0.1) is 0 Å². The first-order valence-corrected chi connectivity index (χ1v) is 7.49. The van der Waals surface area contributed by atoms with Crippen molar-refractivity contribution in [3.05, 3.63) is 24.3 Å². The second-order valence-electron chi connectivity index (χ2n) is 3.64. The van der Waals surface area contributed by atoms with Crippen molar-refractivity contribution in [2.75, 3.05) is 21.3 Å². The summed E-state index contributed by atoms with van der Waals surface area (Å²) in [5, 5.41) is 1.15. The largest absolute Gasteiger partial charge is 0.497 e. The van der Waals surface area contributed by atoms with Gasteiger partial charge in [-0.05, 0) is 23.4 Å². The summed E-state index contributed by atoms with van der Waals surface area (Å²) in [4.78, 5) is 0. The molecule has 0 aliphatic heterocycles. The van der Waals surface area contributed by atoms with E-state index in [1.807, 2.05) is 24.3 Å². The van der Waals surface area contributed by atoms with E-state index in [4.69, 9.17) is 13.6 Å². The molecule has 4 heteroatoms. The molecule has 0 unspecified atom stereocenters. The summed E-state index contributed by atoms with van der Waals surface area (Å²) >= 11 is 0. The van der Waals surface area contributed by atoms with Gasteiger partial charge in [0.25, 0.3) is 0 Å². The number of benzene rings is 1. The lowest BCUT2D eigenvalue weighted by atomic mass is 10.3. The Kier molecular flexibility index (Phi) is 4.98. The minimum Gasteiger partial charge on any atom is -0.497 e. The third-order valence-electron chi connectivity index (χ3n) is 2.77. The fourth-order valence-electron chi connectivity index (χ4n) is 1.84. The third-order valence-corrected chi connectivity index (χ3v) is 6.46. The van der Waals surface area contributed by atoms with Crippen LogP contribution in [0.15, 0.2) is 24.3 Å². The maximum Gasteiger partial charge on any atom is 0.371 e. The first-order chi connectivity index (χ1) is 7.72. The molecule has 0 radical (unpaired) electrons. The Morgan fingerprint density at radius 1 is 1.00 bits per heavy atom. The second-order valence-corrected chi connectivity index (χ2v) is 7.04. The van der Waals surface area contributed by atoms with E-state index in [0.29, 0.717) is 0 Å². The lowest BCUT2D eigenvalue weighted by molar-refractivity contribution is 0.257. The molecule has 90 valence electrons. The molecule has 0 heterocycles. The van der Waals surface area contributed by atoms with Crippen LogP contribution in [0, 0.1) is 0 Å². The highest BCUT2D eigenvalue weighted by Crippen LogP contribution is 2.16. The molecule has 0 aliphatic carbocycles. The molecule has 0 aliphatic rings. The summed E-state index contributed by atoms with van der Waals surface area (Å²) in [6.45, 7) is 2.14. The van der Waals surface area contributed by atoms with Gasteiger partial charge in [-0.25, -0.2) is 0 Å². The van der Waals surface area contributed by atoms with E-state index in [-0.39, 0.29) is 0 Å². The summed E-state index contributed by atoms with van der Waals surface area (Å²) in [6, 6.07) is 8.93. The van der Waals surface area contributed by atoms with E-state index in [9.17, 15) is 0 Å². The molecule has 1 rings (SSSR count). The van der Waals surface area contributed by atoms with Crippen molar-refractivity contribution in [2.45, 2.75) is 19.4 Å². The Bertz CT molecular complexity index is 307. The first-order valence-electron chi connectivity index (χ1n) is 5.47. The number of ether oxygens (including phenoxy) is 1. The Balaban J connectivity index is 3.00. The minimum atomic E-state index is -2.21. The van der Waals surface area contributed by atoms with Crippen LogP contribution in [0.4, 0.5) is 0 Å². The van der Waals surface area contributed by atoms with Crippen LogP contribution < -0.4 is 9.92 Å². The monoisotopic (exact) mass is 240 g/mol. The Labute approximate surface area is 98.6 Å².